The number of anilines is 1. The second kappa shape index (κ2) is 7.28. The van der Waals surface area contributed by atoms with Gasteiger partial charge >= 0.3 is 0 Å². The van der Waals surface area contributed by atoms with Crippen molar-refractivity contribution in [2.24, 2.45) is 0 Å². The number of nitrogen functional groups attached to an aromatic ring is 1. The standard InChI is InChI=1S/C13H18N2O4S/c1-16-3-5-18-10-7-9-12(20-13(14)15-9)8-11(10)19-6-4-17-2/h7-8H,3-6H2,1-2H3,(H2,14,15). The van der Waals surface area contributed by atoms with E-state index in [-0.39, 0.29) is 0 Å². The van der Waals surface area contributed by atoms with Gasteiger partial charge in [-0.3, -0.25) is 0 Å². The summed E-state index contributed by atoms with van der Waals surface area (Å²) in [6.45, 7) is 1.92. The van der Waals surface area contributed by atoms with Crippen LogP contribution in [-0.2, 0) is 9.47 Å². The average molecular weight is 298 g/mol. The van der Waals surface area contributed by atoms with Gasteiger partial charge in [0.25, 0.3) is 0 Å². The molecule has 0 aliphatic carbocycles. The Kier molecular flexibility index (Phi) is 5.40. The van der Waals surface area contributed by atoms with E-state index in [9.17, 15) is 0 Å². The number of methoxy groups -OCH3 is 2. The van der Waals surface area contributed by atoms with E-state index in [0.717, 1.165) is 10.2 Å². The summed E-state index contributed by atoms with van der Waals surface area (Å²) in [7, 11) is 3.26. The average Bonchev–Trinajstić information content (AvgIpc) is 2.78. The van der Waals surface area contributed by atoms with Crippen LogP contribution in [0.15, 0.2) is 12.1 Å². The van der Waals surface area contributed by atoms with Crippen molar-refractivity contribution in [1.82, 2.24) is 4.98 Å². The lowest BCUT2D eigenvalue weighted by molar-refractivity contribution is 0.132. The van der Waals surface area contributed by atoms with E-state index in [1.165, 1.54) is 11.3 Å². The quantitative estimate of drug-likeness (QED) is 0.750. The second-order valence-electron chi connectivity index (χ2n) is 4.00. The topological polar surface area (TPSA) is 75.8 Å². The molecule has 2 aromatic rings. The zero-order chi connectivity index (χ0) is 14.4. The third kappa shape index (κ3) is 3.72. The van der Waals surface area contributed by atoms with Crippen LogP contribution in [0.1, 0.15) is 0 Å². The zero-order valence-electron chi connectivity index (χ0n) is 11.5. The molecule has 110 valence electrons. The molecule has 7 heteroatoms. The molecule has 0 aliphatic rings. The van der Waals surface area contributed by atoms with Gasteiger partial charge in [0.2, 0.25) is 0 Å². The van der Waals surface area contributed by atoms with Gasteiger partial charge in [-0.25, -0.2) is 4.98 Å². The first kappa shape index (κ1) is 14.8. The van der Waals surface area contributed by atoms with Crippen LogP contribution in [0.3, 0.4) is 0 Å². The first-order valence-electron chi connectivity index (χ1n) is 6.18. The number of hydrogen-bond acceptors (Lipinski definition) is 7. The largest absolute Gasteiger partial charge is 0.487 e. The fraction of sp³-hybridized carbons (Fsp3) is 0.462. The Morgan fingerprint density at radius 2 is 1.60 bits per heavy atom. The van der Waals surface area contributed by atoms with Crippen LogP contribution in [0.4, 0.5) is 5.13 Å². The maximum atomic E-state index is 5.72. The van der Waals surface area contributed by atoms with Crippen molar-refractivity contribution in [1.29, 1.82) is 0 Å². The SMILES string of the molecule is COCCOc1cc2nc(N)sc2cc1OCCOC. The van der Waals surface area contributed by atoms with E-state index >= 15 is 0 Å². The molecule has 0 atom stereocenters. The highest BCUT2D eigenvalue weighted by atomic mass is 32.1. The normalized spacial score (nSPS) is 10.9. The highest BCUT2D eigenvalue weighted by molar-refractivity contribution is 7.22. The third-order valence-corrected chi connectivity index (χ3v) is 3.41. The molecule has 1 aromatic heterocycles. The van der Waals surface area contributed by atoms with Crippen LogP contribution in [0, 0.1) is 0 Å². The van der Waals surface area contributed by atoms with Crippen LogP contribution in [0.2, 0.25) is 0 Å². The predicted molar refractivity (Wildman–Crippen MR) is 78.8 cm³/mol. The summed E-state index contributed by atoms with van der Waals surface area (Å²) >= 11 is 1.42. The van der Waals surface area contributed by atoms with Gasteiger partial charge in [0.15, 0.2) is 16.6 Å². The summed E-state index contributed by atoms with van der Waals surface area (Å²) in [5.41, 5.74) is 6.52. The lowest BCUT2D eigenvalue weighted by Gasteiger charge is -2.12. The minimum absolute atomic E-state index is 0.447. The van der Waals surface area contributed by atoms with Gasteiger partial charge in [0.1, 0.15) is 13.2 Å². The van der Waals surface area contributed by atoms with Gasteiger partial charge in [-0.05, 0) is 0 Å². The minimum Gasteiger partial charge on any atom is -0.487 e. The Labute approximate surface area is 121 Å². The lowest BCUT2D eigenvalue weighted by atomic mass is 10.3. The van der Waals surface area contributed by atoms with E-state index in [0.29, 0.717) is 43.1 Å². The van der Waals surface area contributed by atoms with Crippen LogP contribution < -0.4 is 15.2 Å². The van der Waals surface area contributed by atoms with Crippen molar-refractivity contribution in [2.45, 2.75) is 0 Å². The molecule has 2 rings (SSSR count). The molecule has 0 spiro atoms. The molecule has 1 heterocycles. The van der Waals surface area contributed by atoms with Crippen molar-refractivity contribution in [2.75, 3.05) is 46.4 Å². The number of aromatic nitrogens is 1. The van der Waals surface area contributed by atoms with Crippen LogP contribution in [0.5, 0.6) is 11.5 Å². The molecule has 20 heavy (non-hydrogen) atoms. The van der Waals surface area contributed by atoms with Crippen LogP contribution >= 0.6 is 11.3 Å². The fourth-order valence-electron chi connectivity index (χ4n) is 1.65. The summed E-state index contributed by atoms with van der Waals surface area (Å²) in [6, 6.07) is 3.72. The summed E-state index contributed by atoms with van der Waals surface area (Å²) in [4.78, 5) is 4.24. The number of thiazole rings is 1. The van der Waals surface area contributed by atoms with Crippen LogP contribution in [0.25, 0.3) is 10.2 Å². The van der Waals surface area contributed by atoms with Gasteiger partial charge in [0.05, 0.1) is 23.4 Å². The molecule has 0 bridgehead atoms. The Morgan fingerprint density at radius 3 is 2.20 bits per heavy atom. The number of ether oxygens (including phenoxy) is 4. The Bertz CT molecular complexity index is 512. The second-order valence-corrected chi connectivity index (χ2v) is 5.06. The van der Waals surface area contributed by atoms with Crippen molar-refractivity contribution in [3.05, 3.63) is 12.1 Å². The van der Waals surface area contributed by atoms with Crippen molar-refractivity contribution in [3.8, 4) is 11.5 Å². The number of nitrogens with zero attached hydrogens (tertiary/aromatic N) is 1. The number of nitrogens with two attached hydrogens (primary N) is 1. The van der Waals surface area contributed by atoms with E-state index in [1.54, 1.807) is 14.2 Å². The molecule has 6 nitrogen and oxygen atoms in total. The van der Waals surface area contributed by atoms with Gasteiger partial charge < -0.3 is 24.7 Å². The summed E-state index contributed by atoms with van der Waals surface area (Å²) < 4.78 is 22.3. The van der Waals surface area contributed by atoms with Crippen molar-refractivity contribution < 1.29 is 18.9 Å². The third-order valence-electron chi connectivity index (χ3n) is 2.56. The summed E-state index contributed by atoms with van der Waals surface area (Å²) in [6.07, 6.45) is 0. The maximum Gasteiger partial charge on any atom is 0.181 e. The first-order valence-corrected chi connectivity index (χ1v) is 6.99. The molecule has 0 fully saturated rings. The highest BCUT2D eigenvalue weighted by Gasteiger charge is 2.11. The molecule has 0 amide bonds. The molecular weight excluding hydrogens is 280 g/mol. The molecule has 0 saturated carbocycles. The predicted octanol–water partition coefficient (Wildman–Crippen LogP) is 1.93. The Morgan fingerprint density at radius 1 is 1.00 bits per heavy atom. The molecule has 2 N–H and O–H groups in total. The van der Waals surface area contributed by atoms with Crippen molar-refractivity contribution in [3.63, 3.8) is 0 Å². The van der Waals surface area contributed by atoms with Gasteiger partial charge in [-0.1, -0.05) is 11.3 Å². The monoisotopic (exact) mass is 298 g/mol. The number of rotatable bonds is 8. The Balaban J connectivity index is 2.21. The van der Waals surface area contributed by atoms with Crippen LogP contribution in [-0.4, -0.2) is 45.6 Å². The van der Waals surface area contributed by atoms with E-state index in [4.69, 9.17) is 24.7 Å². The summed E-state index contributed by atoms with van der Waals surface area (Å²) in [5.74, 6) is 1.30. The zero-order valence-corrected chi connectivity index (χ0v) is 12.4. The highest BCUT2D eigenvalue weighted by Crippen LogP contribution is 2.35. The number of hydrogen-bond donors (Lipinski definition) is 1. The number of fused-ring (bicyclic) bond motifs is 1. The molecule has 0 saturated heterocycles. The smallest absolute Gasteiger partial charge is 0.181 e. The molecule has 1 aromatic carbocycles. The fourth-order valence-corrected chi connectivity index (χ4v) is 2.39. The molecule has 0 aliphatic heterocycles. The van der Waals surface area contributed by atoms with Gasteiger partial charge in [0, 0.05) is 26.4 Å². The van der Waals surface area contributed by atoms with E-state index in [2.05, 4.69) is 4.98 Å². The van der Waals surface area contributed by atoms with Crippen molar-refractivity contribution >= 4 is 26.7 Å². The molecule has 0 radical (unpaired) electrons. The van der Waals surface area contributed by atoms with E-state index in [1.807, 2.05) is 12.1 Å². The van der Waals surface area contributed by atoms with Gasteiger partial charge in [-0.2, -0.15) is 0 Å². The minimum atomic E-state index is 0.447. The van der Waals surface area contributed by atoms with Gasteiger partial charge in [-0.15, -0.1) is 0 Å². The molecule has 0 unspecified atom stereocenters. The van der Waals surface area contributed by atoms with E-state index < -0.39 is 0 Å². The Hall–Kier alpha value is -1.57. The summed E-state index contributed by atoms with van der Waals surface area (Å²) in [5, 5.41) is 0.525. The first-order chi connectivity index (χ1) is 9.74. The molecular formula is C13H18N2O4S. The lowest BCUT2D eigenvalue weighted by Crippen LogP contribution is -2.08. The maximum absolute atomic E-state index is 5.72. The number of benzene rings is 1.